The second-order valence-electron chi connectivity index (χ2n) is 5.70. The van der Waals surface area contributed by atoms with Crippen molar-refractivity contribution in [2.75, 3.05) is 7.11 Å². The van der Waals surface area contributed by atoms with Gasteiger partial charge >= 0.3 is 0 Å². The molecule has 1 aromatic heterocycles. The van der Waals surface area contributed by atoms with E-state index in [0.717, 1.165) is 29.4 Å². The molecule has 1 heterocycles. The fraction of sp³-hybridized carbons (Fsp3) is 0.375. The molecule has 0 bridgehead atoms. The standard InChI is InChI=1S/C16H21N3O/c1-16(2,3)18-11-13-9-10-17-15(19-13)12-5-7-14(20-4)8-6-12/h5-10,18H,11H2,1-4H3. The van der Waals surface area contributed by atoms with E-state index >= 15 is 0 Å². The van der Waals surface area contributed by atoms with E-state index in [4.69, 9.17) is 4.74 Å². The van der Waals surface area contributed by atoms with Crippen LogP contribution in [-0.2, 0) is 6.54 Å². The Balaban J connectivity index is 2.16. The van der Waals surface area contributed by atoms with Gasteiger partial charge in [0.1, 0.15) is 5.75 Å². The molecule has 106 valence electrons. The number of aromatic nitrogens is 2. The van der Waals surface area contributed by atoms with Gasteiger partial charge in [-0.2, -0.15) is 0 Å². The zero-order valence-electron chi connectivity index (χ0n) is 12.5. The Kier molecular flexibility index (Phi) is 4.35. The van der Waals surface area contributed by atoms with Crippen LogP contribution in [0.25, 0.3) is 11.4 Å². The predicted molar refractivity (Wildman–Crippen MR) is 80.6 cm³/mol. The molecule has 2 rings (SSSR count). The quantitative estimate of drug-likeness (QED) is 0.928. The van der Waals surface area contributed by atoms with Gasteiger partial charge in [0.25, 0.3) is 0 Å². The number of methoxy groups -OCH3 is 1. The van der Waals surface area contributed by atoms with Crippen LogP contribution in [0.2, 0.25) is 0 Å². The second kappa shape index (κ2) is 6.01. The predicted octanol–water partition coefficient (Wildman–Crippen LogP) is 3.04. The molecule has 20 heavy (non-hydrogen) atoms. The van der Waals surface area contributed by atoms with Crippen LogP contribution in [0.1, 0.15) is 26.5 Å². The highest BCUT2D eigenvalue weighted by Gasteiger charge is 2.09. The zero-order chi connectivity index (χ0) is 14.6. The van der Waals surface area contributed by atoms with Gasteiger partial charge in [-0.25, -0.2) is 9.97 Å². The largest absolute Gasteiger partial charge is 0.497 e. The van der Waals surface area contributed by atoms with Gasteiger partial charge in [0, 0.05) is 23.8 Å². The Labute approximate surface area is 120 Å². The molecule has 0 aliphatic carbocycles. The van der Waals surface area contributed by atoms with Crippen LogP contribution in [-0.4, -0.2) is 22.6 Å². The van der Waals surface area contributed by atoms with Gasteiger partial charge in [0.05, 0.1) is 12.8 Å². The highest BCUT2D eigenvalue weighted by atomic mass is 16.5. The fourth-order valence-corrected chi connectivity index (χ4v) is 1.73. The van der Waals surface area contributed by atoms with Crippen molar-refractivity contribution in [3.63, 3.8) is 0 Å². The maximum absolute atomic E-state index is 5.15. The number of rotatable bonds is 4. The summed E-state index contributed by atoms with van der Waals surface area (Å²) < 4.78 is 5.15. The highest BCUT2D eigenvalue weighted by molar-refractivity contribution is 5.56. The van der Waals surface area contributed by atoms with Gasteiger partial charge < -0.3 is 10.1 Å². The molecule has 2 aromatic rings. The SMILES string of the molecule is COc1ccc(-c2nccc(CNC(C)(C)C)n2)cc1. The summed E-state index contributed by atoms with van der Waals surface area (Å²) in [5, 5.41) is 3.42. The topological polar surface area (TPSA) is 47.0 Å². The van der Waals surface area contributed by atoms with Gasteiger partial charge in [-0.15, -0.1) is 0 Å². The first-order valence-corrected chi connectivity index (χ1v) is 6.69. The molecule has 0 aliphatic heterocycles. The normalized spacial score (nSPS) is 11.4. The number of ether oxygens (including phenoxy) is 1. The van der Waals surface area contributed by atoms with Crippen molar-refractivity contribution in [1.29, 1.82) is 0 Å². The van der Waals surface area contributed by atoms with Gasteiger partial charge in [0.15, 0.2) is 5.82 Å². The monoisotopic (exact) mass is 271 g/mol. The smallest absolute Gasteiger partial charge is 0.159 e. The highest BCUT2D eigenvalue weighted by Crippen LogP contribution is 2.19. The molecule has 4 heteroatoms. The summed E-state index contributed by atoms with van der Waals surface area (Å²) in [4.78, 5) is 8.92. The molecule has 0 saturated heterocycles. The lowest BCUT2D eigenvalue weighted by Crippen LogP contribution is -2.35. The van der Waals surface area contributed by atoms with Crippen molar-refractivity contribution in [2.24, 2.45) is 0 Å². The van der Waals surface area contributed by atoms with Gasteiger partial charge in [0.2, 0.25) is 0 Å². The molecule has 0 saturated carbocycles. The first-order valence-electron chi connectivity index (χ1n) is 6.69. The van der Waals surface area contributed by atoms with Crippen LogP contribution in [0.4, 0.5) is 0 Å². The third kappa shape index (κ3) is 4.03. The first-order chi connectivity index (χ1) is 9.48. The van der Waals surface area contributed by atoms with E-state index in [1.54, 1.807) is 13.3 Å². The Morgan fingerprint density at radius 1 is 1.10 bits per heavy atom. The minimum absolute atomic E-state index is 0.0746. The molecule has 1 aromatic carbocycles. The fourth-order valence-electron chi connectivity index (χ4n) is 1.73. The zero-order valence-corrected chi connectivity index (χ0v) is 12.5. The molecular weight excluding hydrogens is 250 g/mol. The minimum atomic E-state index is 0.0746. The number of nitrogens with one attached hydrogen (secondary N) is 1. The Hall–Kier alpha value is -1.94. The molecule has 0 spiro atoms. The van der Waals surface area contributed by atoms with E-state index in [1.807, 2.05) is 30.3 Å². The van der Waals surface area contributed by atoms with Crippen molar-refractivity contribution >= 4 is 0 Å². The lowest BCUT2D eigenvalue weighted by Gasteiger charge is -2.20. The van der Waals surface area contributed by atoms with Crippen molar-refractivity contribution in [1.82, 2.24) is 15.3 Å². The molecular formula is C16H21N3O. The van der Waals surface area contributed by atoms with Crippen LogP contribution in [0.3, 0.4) is 0 Å². The minimum Gasteiger partial charge on any atom is -0.497 e. The molecule has 0 aliphatic rings. The van der Waals surface area contributed by atoms with Crippen LogP contribution >= 0.6 is 0 Å². The third-order valence-electron chi connectivity index (χ3n) is 2.86. The van der Waals surface area contributed by atoms with Crippen LogP contribution in [0.15, 0.2) is 36.5 Å². The summed E-state index contributed by atoms with van der Waals surface area (Å²) >= 11 is 0. The number of nitrogens with zero attached hydrogens (tertiary/aromatic N) is 2. The molecule has 0 amide bonds. The molecule has 0 radical (unpaired) electrons. The van der Waals surface area contributed by atoms with E-state index in [-0.39, 0.29) is 5.54 Å². The van der Waals surface area contributed by atoms with E-state index in [2.05, 4.69) is 36.1 Å². The van der Waals surface area contributed by atoms with E-state index < -0.39 is 0 Å². The van der Waals surface area contributed by atoms with Gasteiger partial charge in [-0.05, 0) is 51.1 Å². The molecule has 0 fully saturated rings. The molecule has 0 unspecified atom stereocenters. The van der Waals surface area contributed by atoms with E-state index in [0.29, 0.717) is 0 Å². The maximum atomic E-state index is 5.15. The lowest BCUT2D eigenvalue weighted by molar-refractivity contribution is 0.415. The average Bonchev–Trinajstić information content (AvgIpc) is 2.45. The molecule has 1 N–H and O–H groups in total. The van der Waals surface area contributed by atoms with Crippen LogP contribution in [0, 0.1) is 0 Å². The number of hydrogen-bond acceptors (Lipinski definition) is 4. The van der Waals surface area contributed by atoms with Crippen molar-refractivity contribution in [2.45, 2.75) is 32.9 Å². The summed E-state index contributed by atoms with van der Waals surface area (Å²) in [6, 6.07) is 9.70. The van der Waals surface area contributed by atoms with Crippen LogP contribution in [0.5, 0.6) is 5.75 Å². The van der Waals surface area contributed by atoms with Crippen molar-refractivity contribution < 1.29 is 4.74 Å². The second-order valence-corrected chi connectivity index (χ2v) is 5.70. The van der Waals surface area contributed by atoms with E-state index in [9.17, 15) is 0 Å². The van der Waals surface area contributed by atoms with Gasteiger partial charge in [-0.3, -0.25) is 0 Å². The first kappa shape index (κ1) is 14.5. The summed E-state index contributed by atoms with van der Waals surface area (Å²) in [6.45, 7) is 7.14. The molecule has 0 atom stereocenters. The summed E-state index contributed by atoms with van der Waals surface area (Å²) in [5.74, 6) is 1.57. The summed E-state index contributed by atoms with van der Waals surface area (Å²) in [6.07, 6.45) is 1.80. The Bertz CT molecular complexity index is 559. The number of hydrogen-bond donors (Lipinski definition) is 1. The maximum Gasteiger partial charge on any atom is 0.159 e. The van der Waals surface area contributed by atoms with Crippen molar-refractivity contribution in [3.05, 3.63) is 42.2 Å². The van der Waals surface area contributed by atoms with Gasteiger partial charge in [-0.1, -0.05) is 0 Å². The molecule has 4 nitrogen and oxygen atoms in total. The third-order valence-corrected chi connectivity index (χ3v) is 2.86. The number of benzene rings is 1. The summed E-state index contributed by atoms with van der Waals surface area (Å²) in [7, 11) is 1.66. The summed E-state index contributed by atoms with van der Waals surface area (Å²) in [5.41, 5.74) is 2.05. The Morgan fingerprint density at radius 3 is 2.40 bits per heavy atom. The lowest BCUT2D eigenvalue weighted by atomic mass is 10.1. The van der Waals surface area contributed by atoms with Crippen LogP contribution < -0.4 is 10.1 Å². The average molecular weight is 271 g/mol. The van der Waals surface area contributed by atoms with Crippen molar-refractivity contribution in [3.8, 4) is 17.1 Å². The Morgan fingerprint density at radius 2 is 1.80 bits per heavy atom. The van der Waals surface area contributed by atoms with E-state index in [1.165, 1.54) is 0 Å².